The van der Waals surface area contributed by atoms with E-state index in [9.17, 15) is 0 Å². The molecule has 0 spiro atoms. The van der Waals surface area contributed by atoms with Gasteiger partial charge in [0.15, 0.2) is 0 Å². The van der Waals surface area contributed by atoms with Crippen molar-refractivity contribution in [1.29, 1.82) is 0 Å². The fraction of sp³-hybridized carbons (Fsp3) is 1.00. The van der Waals surface area contributed by atoms with Gasteiger partial charge in [-0.2, -0.15) is 0 Å². The second-order valence-corrected chi connectivity index (χ2v) is 3.36. The van der Waals surface area contributed by atoms with Gasteiger partial charge in [-0.15, -0.1) is 0 Å². The highest BCUT2D eigenvalue weighted by Gasteiger charge is 2.11. The van der Waals surface area contributed by atoms with Gasteiger partial charge in [0.1, 0.15) is 0 Å². The van der Waals surface area contributed by atoms with Crippen LogP contribution >= 0.6 is 0 Å². The summed E-state index contributed by atoms with van der Waals surface area (Å²) in [6.07, 6.45) is 2.64. The number of hydrogen-bond donors (Lipinski definition) is 1. The fourth-order valence-corrected chi connectivity index (χ4v) is 1.63. The lowest BCUT2D eigenvalue weighted by Crippen LogP contribution is -2.25. The maximum absolute atomic E-state index is 3.40. The van der Waals surface area contributed by atoms with E-state index in [4.69, 9.17) is 0 Å². The summed E-state index contributed by atoms with van der Waals surface area (Å²) in [7, 11) is 0. The average Bonchev–Trinajstić information content (AvgIpc) is 2.03. The van der Waals surface area contributed by atoms with E-state index in [1.807, 2.05) is 0 Å². The summed E-state index contributed by atoms with van der Waals surface area (Å²) >= 11 is 0. The van der Waals surface area contributed by atoms with Gasteiger partial charge >= 0.3 is 0 Å². The van der Waals surface area contributed by atoms with Gasteiger partial charge in [-0.3, -0.25) is 0 Å². The smallest absolute Gasteiger partial charge is 0.00206 e. The van der Waals surface area contributed by atoms with Gasteiger partial charge in [0.05, 0.1) is 0 Å². The molecule has 0 radical (unpaired) electrons. The molecule has 0 saturated carbocycles. The predicted octanol–water partition coefficient (Wildman–Crippen LogP) is 2.67. The van der Waals surface area contributed by atoms with Crippen LogP contribution in [0.25, 0.3) is 0 Å². The zero-order valence-corrected chi connectivity index (χ0v) is 8.48. The SMILES string of the molecule is CCNCC(C)C(CC)CC. The highest BCUT2D eigenvalue weighted by atomic mass is 14.8. The largest absolute Gasteiger partial charge is 0.317 e. The van der Waals surface area contributed by atoms with Gasteiger partial charge in [-0.1, -0.05) is 40.5 Å². The molecule has 11 heavy (non-hydrogen) atoms. The Morgan fingerprint density at radius 2 is 1.64 bits per heavy atom. The van der Waals surface area contributed by atoms with Crippen molar-refractivity contribution in [3.63, 3.8) is 0 Å². The average molecular weight is 157 g/mol. The van der Waals surface area contributed by atoms with Gasteiger partial charge in [0.25, 0.3) is 0 Å². The Labute approximate surface area is 71.6 Å². The molecule has 0 saturated heterocycles. The van der Waals surface area contributed by atoms with Crippen LogP contribution in [-0.4, -0.2) is 13.1 Å². The Balaban J connectivity index is 3.51. The van der Waals surface area contributed by atoms with Crippen LogP contribution in [0.5, 0.6) is 0 Å². The lowest BCUT2D eigenvalue weighted by Gasteiger charge is -2.21. The van der Waals surface area contributed by atoms with Crippen molar-refractivity contribution in [2.75, 3.05) is 13.1 Å². The van der Waals surface area contributed by atoms with E-state index in [0.717, 1.165) is 18.4 Å². The second-order valence-electron chi connectivity index (χ2n) is 3.36. The highest BCUT2D eigenvalue weighted by Crippen LogP contribution is 2.17. The monoisotopic (exact) mass is 157 g/mol. The molecule has 0 bridgehead atoms. The van der Waals surface area contributed by atoms with E-state index in [1.54, 1.807) is 0 Å². The maximum atomic E-state index is 3.40. The lowest BCUT2D eigenvalue weighted by molar-refractivity contribution is 0.325. The topological polar surface area (TPSA) is 12.0 Å². The van der Waals surface area contributed by atoms with Crippen molar-refractivity contribution in [3.05, 3.63) is 0 Å². The molecule has 68 valence electrons. The van der Waals surface area contributed by atoms with Crippen molar-refractivity contribution in [3.8, 4) is 0 Å². The van der Waals surface area contributed by atoms with Crippen LogP contribution in [0.15, 0.2) is 0 Å². The summed E-state index contributed by atoms with van der Waals surface area (Å²) in [5, 5.41) is 3.40. The predicted molar refractivity (Wildman–Crippen MR) is 51.8 cm³/mol. The van der Waals surface area contributed by atoms with E-state index in [-0.39, 0.29) is 0 Å². The van der Waals surface area contributed by atoms with E-state index < -0.39 is 0 Å². The van der Waals surface area contributed by atoms with E-state index in [0.29, 0.717) is 0 Å². The summed E-state index contributed by atoms with van der Waals surface area (Å²) in [5.41, 5.74) is 0. The summed E-state index contributed by atoms with van der Waals surface area (Å²) in [4.78, 5) is 0. The van der Waals surface area contributed by atoms with Gasteiger partial charge < -0.3 is 5.32 Å². The van der Waals surface area contributed by atoms with Crippen LogP contribution in [-0.2, 0) is 0 Å². The van der Waals surface area contributed by atoms with Crippen molar-refractivity contribution in [2.45, 2.75) is 40.5 Å². The Hall–Kier alpha value is -0.0400. The molecule has 1 nitrogen and oxygen atoms in total. The zero-order chi connectivity index (χ0) is 8.69. The van der Waals surface area contributed by atoms with Crippen molar-refractivity contribution in [2.24, 2.45) is 11.8 Å². The molecule has 0 rings (SSSR count). The molecule has 0 fully saturated rings. The third-order valence-electron chi connectivity index (χ3n) is 2.57. The van der Waals surface area contributed by atoms with Crippen molar-refractivity contribution >= 4 is 0 Å². The zero-order valence-electron chi connectivity index (χ0n) is 8.48. The Morgan fingerprint density at radius 3 is 2.00 bits per heavy atom. The van der Waals surface area contributed by atoms with Gasteiger partial charge in [-0.05, 0) is 24.9 Å². The highest BCUT2D eigenvalue weighted by molar-refractivity contribution is 4.65. The maximum Gasteiger partial charge on any atom is -0.00206 e. The number of hydrogen-bond acceptors (Lipinski definition) is 1. The minimum Gasteiger partial charge on any atom is -0.317 e. The first-order chi connectivity index (χ1) is 5.26. The molecule has 1 atom stereocenters. The Bertz CT molecular complexity index is 76.9. The second kappa shape index (κ2) is 6.66. The van der Waals surface area contributed by atoms with Crippen LogP contribution in [0, 0.1) is 11.8 Å². The normalized spacial score (nSPS) is 13.9. The lowest BCUT2D eigenvalue weighted by atomic mass is 9.89. The summed E-state index contributed by atoms with van der Waals surface area (Å²) in [5.74, 6) is 1.75. The van der Waals surface area contributed by atoms with E-state index in [1.165, 1.54) is 19.4 Å². The molecule has 0 aliphatic heterocycles. The first kappa shape index (κ1) is 11.0. The molecule has 0 amide bonds. The minimum absolute atomic E-state index is 0.838. The van der Waals surface area contributed by atoms with Crippen molar-refractivity contribution < 1.29 is 0 Å². The quantitative estimate of drug-likeness (QED) is 0.625. The van der Waals surface area contributed by atoms with Crippen LogP contribution < -0.4 is 5.32 Å². The third kappa shape index (κ3) is 4.41. The molecule has 0 aromatic heterocycles. The number of rotatable bonds is 6. The van der Waals surface area contributed by atoms with Gasteiger partial charge in [-0.25, -0.2) is 0 Å². The summed E-state index contributed by atoms with van der Waals surface area (Å²) in [6.45, 7) is 11.4. The molecular formula is C10H23N. The first-order valence-electron chi connectivity index (χ1n) is 4.96. The van der Waals surface area contributed by atoms with Crippen LogP contribution in [0.4, 0.5) is 0 Å². The minimum atomic E-state index is 0.838. The van der Waals surface area contributed by atoms with Crippen LogP contribution in [0.2, 0.25) is 0 Å². The van der Waals surface area contributed by atoms with E-state index >= 15 is 0 Å². The molecular weight excluding hydrogens is 134 g/mol. The first-order valence-corrected chi connectivity index (χ1v) is 4.96. The molecule has 0 aromatic rings. The summed E-state index contributed by atoms with van der Waals surface area (Å²) in [6, 6.07) is 0. The molecule has 0 aromatic carbocycles. The van der Waals surface area contributed by atoms with E-state index in [2.05, 4.69) is 33.0 Å². The molecule has 1 heteroatoms. The standard InChI is InChI=1S/C10H23N/c1-5-10(6-2)9(4)8-11-7-3/h9-11H,5-8H2,1-4H3. The van der Waals surface area contributed by atoms with Gasteiger partial charge in [0.2, 0.25) is 0 Å². The van der Waals surface area contributed by atoms with Crippen molar-refractivity contribution in [1.82, 2.24) is 5.32 Å². The van der Waals surface area contributed by atoms with Crippen LogP contribution in [0.3, 0.4) is 0 Å². The fourth-order valence-electron chi connectivity index (χ4n) is 1.63. The summed E-state index contributed by atoms with van der Waals surface area (Å²) < 4.78 is 0. The Morgan fingerprint density at radius 1 is 1.09 bits per heavy atom. The molecule has 0 aliphatic rings. The third-order valence-corrected chi connectivity index (χ3v) is 2.57. The molecule has 1 N–H and O–H groups in total. The molecule has 0 heterocycles. The van der Waals surface area contributed by atoms with Gasteiger partial charge in [0, 0.05) is 0 Å². The number of nitrogens with one attached hydrogen (secondary N) is 1. The Kier molecular flexibility index (Phi) is 6.63. The van der Waals surface area contributed by atoms with Crippen LogP contribution in [0.1, 0.15) is 40.5 Å². The molecule has 1 unspecified atom stereocenters. The molecule has 0 aliphatic carbocycles.